The smallest absolute Gasteiger partial charge is 0.244 e. The molecule has 2 aromatic carbocycles. The first-order valence-corrected chi connectivity index (χ1v) is 9.12. The zero-order valence-corrected chi connectivity index (χ0v) is 16.5. The van der Waals surface area contributed by atoms with E-state index in [0.717, 1.165) is 15.6 Å². The van der Waals surface area contributed by atoms with Gasteiger partial charge in [0.15, 0.2) is 0 Å². The molecule has 0 saturated carbocycles. The van der Waals surface area contributed by atoms with Gasteiger partial charge in [0.2, 0.25) is 11.7 Å². The second-order valence-electron chi connectivity index (χ2n) is 6.28. The molecule has 7 heteroatoms. The number of aromatic nitrogens is 4. The Bertz CT molecular complexity index is 920. The summed E-state index contributed by atoms with van der Waals surface area (Å²) < 4.78 is 0.980. The van der Waals surface area contributed by atoms with E-state index in [9.17, 15) is 4.79 Å². The van der Waals surface area contributed by atoms with Crippen LogP contribution in [0.15, 0.2) is 46.9 Å². The van der Waals surface area contributed by atoms with E-state index in [1.807, 2.05) is 37.3 Å². The highest BCUT2D eigenvalue weighted by Gasteiger charge is 2.13. The molecule has 0 radical (unpaired) electrons. The van der Waals surface area contributed by atoms with Crippen molar-refractivity contribution in [3.8, 4) is 11.4 Å². The second-order valence-corrected chi connectivity index (χ2v) is 7.20. The van der Waals surface area contributed by atoms with E-state index in [1.54, 1.807) is 0 Å². The highest BCUT2D eigenvalue weighted by atomic mass is 79.9. The number of hydrogen-bond donors (Lipinski definition) is 1. The number of carbonyl (C=O) groups is 1. The Hall–Kier alpha value is -2.54. The molecule has 1 aromatic heterocycles. The summed E-state index contributed by atoms with van der Waals surface area (Å²) in [6.45, 7) is 6.13. The predicted octanol–water partition coefficient (Wildman–Crippen LogP) is 3.60. The van der Waals surface area contributed by atoms with Crippen LogP contribution in [0.2, 0.25) is 0 Å². The van der Waals surface area contributed by atoms with Crippen LogP contribution in [0.5, 0.6) is 0 Å². The number of hydrogen-bond acceptors (Lipinski definition) is 4. The Morgan fingerprint density at radius 2 is 1.88 bits per heavy atom. The minimum atomic E-state index is -0.157. The number of aryl methyl sites for hydroxylation is 2. The fourth-order valence-corrected chi connectivity index (χ4v) is 2.82. The van der Waals surface area contributed by atoms with E-state index in [-0.39, 0.29) is 18.5 Å². The fourth-order valence-electron chi connectivity index (χ4n) is 2.56. The van der Waals surface area contributed by atoms with Crippen LogP contribution >= 0.6 is 15.9 Å². The quantitative estimate of drug-likeness (QED) is 0.693. The number of amides is 1. The third-order valence-corrected chi connectivity index (χ3v) is 4.78. The second kappa shape index (κ2) is 7.78. The molecule has 0 aliphatic heterocycles. The van der Waals surface area contributed by atoms with Crippen molar-refractivity contribution >= 4 is 21.8 Å². The van der Waals surface area contributed by atoms with Crippen LogP contribution < -0.4 is 5.32 Å². The van der Waals surface area contributed by atoms with Gasteiger partial charge in [-0.1, -0.05) is 34.1 Å². The lowest BCUT2D eigenvalue weighted by molar-refractivity contribution is -0.122. The Kier molecular flexibility index (Phi) is 5.46. The summed E-state index contributed by atoms with van der Waals surface area (Å²) in [4.78, 5) is 13.6. The molecule has 134 valence electrons. The molecule has 0 aliphatic carbocycles. The first kappa shape index (κ1) is 18.3. The summed E-state index contributed by atoms with van der Waals surface area (Å²) in [7, 11) is 0. The Labute approximate surface area is 160 Å². The van der Waals surface area contributed by atoms with Gasteiger partial charge in [-0.3, -0.25) is 4.79 Å². The molecule has 6 nitrogen and oxygen atoms in total. The lowest BCUT2D eigenvalue weighted by atomic mass is 10.0. The number of carbonyl (C=O) groups excluding carboxylic acids is 1. The van der Waals surface area contributed by atoms with E-state index in [1.165, 1.54) is 15.9 Å². The molecule has 1 amide bonds. The molecule has 0 aliphatic rings. The lowest BCUT2D eigenvalue weighted by Crippen LogP contribution is -2.30. The Morgan fingerprint density at radius 1 is 1.15 bits per heavy atom. The number of nitrogens with zero attached hydrogens (tertiary/aromatic N) is 4. The number of tetrazole rings is 1. The van der Waals surface area contributed by atoms with Crippen LogP contribution in [-0.2, 0) is 11.3 Å². The zero-order chi connectivity index (χ0) is 18.7. The molecule has 0 bridgehead atoms. The average Bonchev–Trinajstić information content (AvgIpc) is 3.06. The normalized spacial score (nSPS) is 12.0. The van der Waals surface area contributed by atoms with Crippen LogP contribution in [0, 0.1) is 13.8 Å². The van der Waals surface area contributed by atoms with Crippen molar-refractivity contribution < 1.29 is 4.79 Å². The number of benzene rings is 2. The van der Waals surface area contributed by atoms with Crippen LogP contribution in [0.1, 0.15) is 29.7 Å². The van der Waals surface area contributed by atoms with Crippen LogP contribution in [0.4, 0.5) is 0 Å². The topological polar surface area (TPSA) is 72.7 Å². The first-order chi connectivity index (χ1) is 12.4. The van der Waals surface area contributed by atoms with E-state index in [4.69, 9.17) is 0 Å². The van der Waals surface area contributed by atoms with Crippen molar-refractivity contribution in [2.24, 2.45) is 0 Å². The molecule has 0 saturated heterocycles. The first-order valence-electron chi connectivity index (χ1n) is 8.32. The molecule has 1 N–H and O–H groups in total. The number of nitrogens with one attached hydrogen (secondary N) is 1. The van der Waals surface area contributed by atoms with Gasteiger partial charge in [-0.15, -0.1) is 10.2 Å². The number of rotatable bonds is 5. The van der Waals surface area contributed by atoms with Gasteiger partial charge >= 0.3 is 0 Å². The molecule has 3 aromatic rings. The number of halogens is 1. The van der Waals surface area contributed by atoms with Crippen LogP contribution in [0.3, 0.4) is 0 Å². The van der Waals surface area contributed by atoms with Gasteiger partial charge in [-0.2, -0.15) is 4.80 Å². The third-order valence-electron chi connectivity index (χ3n) is 4.25. The van der Waals surface area contributed by atoms with Gasteiger partial charge in [0.05, 0.1) is 6.04 Å². The van der Waals surface area contributed by atoms with Crippen molar-refractivity contribution in [1.82, 2.24) is 25.5 Å². The van der Waals surface area contributed by atoms with Crippen molar-refractivity contribution in [3.05, 3.63) is 63.6 Å². The van der Waals surface area contributed by atoms with Gasteiger partial charge in [0.1, 0.15) is 6.54 Å². The summed E-state index contributed by atoms with van der Waals surface area (Å²) in [5.41, 5.74) is 4.37. The molecule has 1 unspecified atom stereocenters. The standard InChI is InChI=1S/C19H20BrN5O/c1-12-4-5-16(10-13(12)2)14(3)21-18(26)11-25-23-19(22-24-25)15-6-8-17(20)9-7-15/h4-10,14H,11H2,1-3H3,(H,21,26). The van der Waals surface area contributed by atoms with Crippen molar-refractivity contribution in [3.63, 3.8) is 0 Å². The largest absolute Gasteiger partial charge is 0.348 e. The Balaban J connectivity index is 1.63. The van der Waals surface area contributed by atoms with Gasteiger partial charge in [-0.05, 0) is 66.9 Å². The fraction of sp³-hybridized carbons (Fsp3) is 0.263. The molecular weight excluding hydrogens is 394 g/mol. The molecule has 1 atom stereocenters. The van der Waals surface area contributed by atoms with Crippen LogP contribution in [-0.4, -0.2) is 26.1 Å². The van der Waals surface area contributed by atoms with E-state index in [2.05, 4.69) is 62.6 Å². The van der Waals surface area contributed by atoms with Crippen molar-refractivity contribution in [2.45, 2.75) is 33.4 Å². The Morgan fingerprint density at radius 3 is 2.58 bits per heavy atom. The van der Waals surface area contributed by atoms with E-state index >= 15 is 0 Å². The maximum Gasteiger partial charge on any atom is 0.244 e. The molecule has 3 rings (SSSR count). The van der Waals surface area contributed by atoms with Crippen molar-refractivity contribution in [2.75, 3.05) is 0 Å². The summed E-state index contributed by atoms with van der Waals surface area (Å²) >= 11 is 3.39. The maximum atomic E-state index is 12.3. The predicted molar refractivity (Wildman–Crippen MR) is 103 cm³/mol. The molecule has 26 heavy (non-hydrogen) atoms. The van der Waals surface area contributed by atoms with Crippen LogP contribution in [0.25, 0.3) is 11.4 Å². The van der Waals surface area contributed by atoms with Gasteiger partial charge in [0, 0.05) is 10.0 Å². The van der Waals surface area contributed by atoms with E-state index in [0.29, 0.717) is 5.82 Å². The zero-order valence-electron chi connectivity index (χ0n) is 14.9. The third kappa shape index (κ3) is 4.35. The highest BCUT2D eigenvalue weighted by Crippen LogP contribution is 2.18. The molecule has 0 fully saturated rings. The average molecular weight is 414 g/mol. The van der Waals surface area contributed by atoms with Gasteiger partial charge in [0.25, 0.3) is 0 Å². The minimum Gasteiger partial charge on any atom is -0.348 e. The highest BCUT2D eigenvalue weighted by molar-refractivity contribution is 9.10. The maximum absolute atomic E-state index is 12.3. The SMILES string of the molecule is Cc1ccc(C(C)NC(=O)Cn2nnc(-c3ccc(Br)cc3)n2)cc1C. The van der Waals surface area contributed by atoms with E-state index < -0.39 is 0 Å². The molecule has 0 spiro atoms. The monoisotopic (exact) mass is 413 g/mol. The molecular formula is C19H20BrN5O. The summed E-state index contributed by atoms with van der Waals surface area (Å²) in [6, 6.07) is 13.7. The minimum absolute atomic E-state index is 0.0265. The van der Waals surface area contributed by atoms with Crippen molar-refractivity contribution in [1.29, 1.82) is 0 Å². The summed E-state index contributed by atoms with van der Waals surface area (Å²) in [5.74, 6) is 0.336. The van der Waals surface area contributed by atoms with Gasteiger partial charge < -0.3 is 5.32 Å². The summed E-state index contributed by atoms with van der Waals surface area (Å²) in [6.07, 6.45) is 0. The molecule has 1 heterocycles. The van der Waals surface area contributed by atoms with Gasteiger partial charge in [-0.25, -0.2) is 0 Å². The lowest BCUT2D eigenvalue weighted by Gasteiger charge is -2.15. The summed E-state index contributed by atoms with van der Waals surface area (Å²) in [5, 5.41) is 15.2.